The lowest BCUT2D eigenvalue weighted by atomic mass is 9.95. The van der Waals surface area contributed by atoms with E-state index in [0.29, 0.717) is 23.5 Å². The fourth-order valence-electron chi connectivity index (χ4n) is 5.16. The fraction of sp³-hybridized carbons (Fsp3) is 0.432. The van der Waals surface area contributed by atoms with Crippen LogP contribution in [0.5, 0.6) is 5.75 Å². The lowest BCUT2D eigenvalue weighted by Crippen LogP contribution is -2.56. The van der Waals surface area contributed by atoms with Crippen LogP contribution in [0.25, 0.3) is 0 Å². The molecule has 0 saturated heterocycles. The quantitative estimate of drug-likeness (QED) is 0.195. The number of benzene rings is 3. The number of rotatable bonds is 13. The van der Waals surface area contributed by atoms with Crippen molar-refractivity contribution in [3.63, 3.8) is 0 Å². The van der Waals surface area contributed by atoms with Crippen molar-refractivity contribution in [3.05, 3.63) is 101 Å². The maximum Gasteiger partial charge on any atom is 0.408 e. The number of carbonyl (C=O) groups excluding carboxylic acids is 3. The molecule has 0 aliphatic rings. The summed E-state index contributed by atoms with van der Waals surface area (Å²) < 4.78 is 5.56. The normalized spacial score (nSPS) is 13.4. The van der Waals surface area contributed by atoms with Gasteiger partial charge in [0.05, 0.1) is 0 Å². The van der Waals surface area contributed by atoms with Gasteiger partial charge in [0.25, 0.3) is 0 Å². The van der Waals surface area contributed by atoms with E-state index >= 15 is 0 Å². The molecule has 3 unspecified atom stereocenters. The molecular formula is C37H49N3O5. The molecule has 242 valence electrons. The molecule has 0 aliphatic heterocycles. The van der Waals surface area contributed by atoms with E-state index in [2.05, 4.69) is 24.5 Å². The predicted molar refractivity (Wildman–Crippen MR) is 178 cm³/mol. The van der Waals surface area contributed by atoms with Gasteiger partial charge in [-0.3, -0.25) is 9.59 Å². The number of nitrogens with zero attached hydrogens (tertiary/aromatic N) is 1. The second-order valence-electron chi connectivity index (χ2n) is 13.1. The van der Waals surface area contributed by atoms with Crippen LogP contribution in [0.1, 0.15) is 82.7 Å². The molecule has 0 spiro atoms. The highest BCUT2D eigenvalue weighted by Gasteiger charge is 2.39. The summed E-state index contributed by atoms with van der Waals surface area (Å²) in [4.78, 5) is 43.7. The number of aromatic hydroxyl groups is 1. The number of phenols is 1. The van der Waals surface area contributed by atoms with Gasteiger partial charge in [-0.25, -0.2) is 4.79 Å². The Hall–Kier alpha value is -4.33. The number of carbonyl (C=O) groups is 3. The number of phenolic OH excluding ortho intramolecular Hbond substituents is 1. The first-order valence-corrected chi connectivity index (χ1v) is 15.7. The smallest absolute Gasteiger partial charge is 0.408 e. The van der Waals surface area contributed by atoms with Crippen LogP contribution in [0, 0.1) is 12.8 Å². The first kappa shape index (κ1) is 35.2. The van der Waals surface area contributed by atoms with Gasteiger partial charge in [0.15, 0.2) is 0 Å². The monoisotopic (exact) mass is 615 g/mol. The number of hydrogen-bond acceptors (Lipinski definition) is 5. The maximum absolute atomic E-state index is 14.8. The Bertz CT molecular complexity index is 1400. The highest BCUT2D eigenvalue weighted by Crippen LogP contribution is 2.30. The molecule has 0 fully saturated rings. The number of hydrogen-bond donors (Lipinski definition) is 3. The molecule has 0 saturated carbocycles. The Kier molecular flexibility index (Phi) is 12.6. The highest BCUT2D eigenvalue weighted by molar-refractivity contribution is 5.92. The van der Waals surface area contributed by atoms with Crippen molar-refractivity contribution in [2.75, 3.05) is 0 Å². The molecule has 8 heteroatoms. The van der Waals surface area contributed by atoms with E-state index in [1.165, 1.54) is 0 Å². The van der Waals surface area contributed by atoms with Crippen LogP contribution in [0.15, 0.2) is 78.9 Å². The lowest BCUT2D eigenvalue weighted by Gasteiger charge is -2.39. The molecule has 0 aliphatic carbocycles. The van der Waals surface area contributed by atoms with Crippen LogP contribution >= 0.6 is 0 Å². The molecular weight excluding hydrogens is 566 g/mol. The largest absolute Gasteiger partial charge is 0.508 e. The van der Waals surface area contributed by atoms with Crippen LogP contribution in [0.4, 0.5) is 4.79 Å². The second-order valence-corrected chi connectivity index (χ2v) is 13.1. The third kappa shape index (κ3) is 11.0. The average molecular weight is 616 g/mol. The molecule has 3 aromatic rings. The van der Waals surface area contributed by atoms with Gasteiger partial charge in [-0.1, -0.05) is 80.6 Å². The molecule has 3 amide bonds. The van der Waals surface area contributed by atoms with Crippen LogP contribution in [0.3, 0.4) is 0 Å². The zero-order chi connectivity index (χ0) is 33.1. The van der Waals surface area contributed by atoms with Crippen molar-refractivity contribution in [1.29, 1.82) is 0 Å². The van der Waals surface area contributed by atoms with E-state index < -0.39 is 29.7 Å². The van der Waals surface area contributed by atoms with Crippen LogP contribution in [-0.2, 0) is 27.3 Å². The molecule has 0 radical (unpaired) electrons. The van der Waals surface area contributed by atoms with Crippen molar-refractivity contribution >= 4 is 17.9 Å². The van der Waals surface area contributed by atoms with E-state index in [4.69, 9.17) is 4.74 Å². The molecule has 3 rings (SSSR count). The Morgan fingerprint density at radius 2 is 1.47 bits per heavy atom. The van der Waals surface area contributed by atoms with Crippen molar-refractivity contribution in [2.24, 2.45) is 5.92 Å². The topological polar surface area (TPSA) is 108 Å². The third-order valence-corrected chi connectivity index (χ3v) is 7.54. The minimum absolute atomic E-state index is 0.0986. The lowest BCUT2D eigenvalue weighted by molar-refractivity contribution is -0.145. The van der Waals surface area contributed by atoms with Gasteiger partial charge in [0.1, 0.15) is 23.4 Å². The molecule has 3 N–H and O–H groups in total. The van der Waals surface area contributed by atoms with Crippen LogP contribution < -0.4 is 10.6 Å². The van der Waals surface area contributed by atoms with E-state index in [-0.39, 0.29) is 30.7 Å². The first-order chi connectivity index (χ1) is 21.2. The van der Waals surface area contributed by atoms with Crippen molar-refractivity contribution < 1.29 is 24.2 Å². The zero-order valence-corrected chi connectivity index (χ0v) is 27.7. The minimum Gasteiger partial charge on any atom is -0.508 e. The Labute approximate surface area is 268 Å². The summed E-state index contributed by atoms with van der Waals surface area (Å²) in [5.74, 6) is -0.275. The predicted octanol–water partition coefficient (Wildman–Crippen LogP) is 6.85. The highest BCUT2D eigenvalue weighted by atomic mass is 16.6. The standard InChI is InChI=1S/C37H49N3O5/c1-25(2)18-19-27(4)40(35(43)31(23-28-14-10-8-11-15-28)39-36(44)45-37(5,6)7)33(30-20-21-32(41)26(3)22-30)34(42)38-24-29-16-12-9-13-17-29/h8-17,20-22,25,27,31,33,41H,18-19,23-24H2,1-7H3,(H,38,42)(H,39,44). The molecule has 45 heavy (non-hydrogen) atoms. The molecule has 8 nitrogen and oxygen atoms in total. The molecule has 0 heterocycles. The van der Waals surface area contributed by atoms with Crippen molar-refractivity contribution in [3.8, 4) is 5.75 Å². The number of amides is 3. The van der Waals surface area contributed by atoms with Gasteiger partial charge in [0, 0.05) is 19.0 Å². The molecule has 3 aromatic carbocycles. The van der Waals surface area contributed by atoms with Gasteiger partial charge >= 0.3 is 6.09 Å². The van der Waals surface area contributed by atoms with Crippen molar-refractivity contribution in [2.45, 2.75) is 98.0 Å². The number of ether oxygens (including phenoxy) is 1. The second kappa shape index (κ2) is 16.1. The van der Waals surface area contributed by atoms with Gasteiger partial charge in [-0.15, -0.1) is 0 Å². The summed E-state index contributed by atoms with van der Waals surface area (Å²) in [7, 11) is 0. The number of alkyl carbamates (subject to hydrolysis) is 1. The van der Waals surface area contributed by atoms with Gasteiger partial charge in [-0.05, 0) is 87.8 Å². The Morgan fingerprint density at radius 1 is 0.867 bits per heavy atom. The van der Waals surface area contributed by atoms with Gasteiger partial charge in [-0.2, -0.15) is 0 Å². The number of nitrogens with one attached hydrogen (secondary N) is 2. The van der Waals surface area contributed by atoms with Crippen LogP contribution in [-0.4, -0.2) is 45.6 Å². The molecule has 0 bridgehead atoms. The Balaban J connectivity index is 2.11. The summed E-state index contributed by atoms with van der Waals surface area (Å²) in [6, 6.07) is 21.6. The fourth-order valence-corrected chi connectivity index (χ4v) is 5.16. The van der Waals surface area contributed by atoms with Crippen molar-refractivity contribution in [1.82, 2.24) is 15.5 Å². The maximum atomic E-state index is 14.8. The minimum atomic E-state index is -1.03. The molecule has 0 aromatic heterocycles. The third-order valence-electron chi connectivity index (χ3n) is 7.54. The van der Waals surface area contributed by atoms with Gasteiger partial charge < -0.3 is 25.4 Å². The van der Waals surface area contributed by atoms with E-state index in [1.807, 2.05) is 67.6 Å². The summed E-state index contributed by atoms with van der Waals surface area (Å²) in [6.07, 6.45) is 0.977. The summed E-state index contributed by atoms with van der Waals surface area (Å²) in [5, 5.41) is 16.2. The summed E-state index contributed by atoms with van der Waals surface area (Å²) in [6.45, 7) is 13.5. The van der Waals surface area contributed by atoms with E-state index in [9.17, 15) is 19.5 Å². The van der Waals surface area contributed by atoms with E-state index in [0.717, 1.165) is 17.5 Å². The van der Waals surface area contributed by atoms with Crippen LogP contribution in [0.2, 0.25) is 0 Å². The SMILES string of the molecule is Cc1cc(C(C(=O)NCc2ccccc2)N(C(=O)C(Cc2ccccc2)NC(=O)OC(C)(C)C)C(C)CCC(C)C)ccc1O. The van der Waals surface area contributed by atoms with Gasteiger partial charge in [0.2, 0.25) is 11.8 Å². The number of aryl methyl sites for hydroxylation is 1. The zero-order valence-electron chi connectivity index (χ0n) is 27.7. The first-order valence-electron chi connectivity index (χ1n) is 15.7. The summed E-state index contributed by atoms with van der Waals surface area (Å²) >= 11 is 0. The van der Waals surface area contributed by atoms with E-state index in [1.54, 1.807) is 50.8 Å². The summed E-state index contributed by atoms with van der Waals surface area (Å²) in [5.41, 5.74) is 2.16. The Morgan fingerprint density at radius 3 is 2.02 bits per heavy atom. The average Bonchev–Trinajstić information content (AvgIpc) is 2.98. The molecule has 3 atom stereocenters.